The summed E-state index contributed by atoms with van der Waals surface area (Å²) in [4.78, 5) is 18.5. The molecule has 0 bridgehead atoms. The van der Waals surface area contributed by atoms with Crippen molar-refractivity contribution in [2.45, 2.75) is 18.4 Å². The van der Waals surface area contributed by atoms with Crippen LogP contribution in [0.15, 0.2) is 0 Å². The number of rotatable bonds is 3. The fraction of sp³-hybridized carbons (Fsp3) is 0.667. The van der Waals surface area contributed by atoms with Crippen LogP contribution < -0.4 is 0 Å². The molecule has 2 unspecified atom stereocenters. The van der Waals surface area contributed by atoms with Gasteiger partial charge in [-0.15, -0.1) is 0 Å². The Morgan fingerprint density at radius 1 is 1.33 bits per heavy atom. The number of alkyl halides is 3. The van der Waals surface area contributed by atoms with E-state index in [0.29, 0.717) is 0 Å². The lowest BCUT2D eigenvalue weighted by atomic mass is 10.2. The van der Waals surface area contributed by atoms with Crippen LogP contribution in [-0.2, 0) is 9.59 Å². The first-order valence-electron chi connectivity index (χ1n) is 3.39. The van der Waals surface area contributed by atoms with E-state index in [2.05, 4.69) is 0 Å². The van der Waals surface area contributed by atoms with E-state index in [9.17, 15) is 18.0 Å². The Bertz CT molecular complexity index is 204. The Kier molecular flexibility index (Phi) is 7.74. The Morgan fingerprint density at radius 2 is 1.67 bits per heavy atom. The number of carboxylic acids is 1. The van der Waals surface area contributed by atoms with Crippen molar-refractivity contribution in [3.63, 3.8) is 0 Å². The van der Waals surface area contributed by atoms with E-state index < -0.39 is 31.0 Å². The van der Waals surface area contributed by atoms with Crippen molar-refractivity contribution < 1.29 is 43.2 Å². The zero-order valence-corrected chi connectivity index (χ0v) is 7.18. The second-order valence-corrected chi connectivity index (χ2v) is 2.18. The fourth-order valence-corrected chi connectivity index (χ4v) is 0.199. The van der Waals surface area contributed by atoms with E-state index in [4.69, 9.17) is 25.2 Å². The Hall–Kier alpha value is -1.19. The van der Waals surface area contributed by atoms with Gasteiger partial charge >= 0.3 is 12.1 Å². The van der Waals surface area contributed by atoms with Crippen LogP contribution in [0.2, 0.25) is 0 Å². The average Bonchev–Trinajstić information content (AvgIpc) is 2.14. The molecular weight excluding hydrogens is 225 g/mol. The number of hydrogen-bond acceptors (Lipinski definition) is 5. The Morgan fingerprint density at radius 3 is 1.73 bits per heavy atom. The number of carboxylic acid groups (broad SMARTS) is 1. The lowest BCUT2D eigenvalue weighted by molar-refractivity contribution is -0.192. The molecule has 0 spiro atoms. The molecule has 0 aliphatic rings. The molecule has 15 heavy (non-hydrogen) atoms. The van der Waals surface area contributed by atoms with Crippen molar-refractivity contribution in [1.82, 2.24) is 0 Å². The lowest BCUT2D eigenvalue weighted by Gasteiger charge is -2.06. The van der Waals surface area contributed by atoms with Crippen molar-refractivity contribution in [2.75, 3.05) is 6.61 Å². The van der Waals surface area contributed by atoms with Crippen molar-refractivity contribution in [3.05, 3.63) is 0 Å². The lowest BCUT2D eigenvalue weighted by Crippen LogP contribution is -2.30. The minimum atomic E-state index is -5.08. The smallest absolute Gasteiger partial charge is 0.475 e. The highest BCUT2D eigenvalue weighted by Gasteiger charge is 2.38. The zero-order valence-electron chi connectivity index (χ0n) is 7.18. The predicted octanol–water partition coefficient (Wildman–Crippen LogP) is -1.47. The summed E-state index contributed by atoms with van der Waals surface area (Å²) in [5, 5.41) is 31.9. The van der Waals surface area contributed by atoms with Gasteiger partial charge in [-0.2, -0.15) is 13.2 Å². The van der Waals surface area contributed by atoms with Gasteiger partial charge in [-0.05, 0) is 0 Å². The molecule has 0 saturated heterocycles. The number of aldehydes is 1. The van der Waals surface area contributed by atoms with Crippen LogP contribution in [-0.4, -0.2) is 57.7 Å². The number of aliphatic carboxylic acids is 1. The number of aliphatic hydroxyl groups is 3. The summed E-state index contributed by atoms with van der Waals surface area (Å²) in [6.07, 6.45) is -7.71. The van der Waals surface area contributed by atoms with Crippen LogP contribution in [0.4, 0.5) is 13.2 Å². The SMILES string of the molecule is O=C(O)C(F)(F)F.O=CC(O)C(O)CO. The molecule has 9 heteroatoms. The van der Waals surface area contributed by atoms with Crippen LogP contribution >= 0.6 is 0 Å². The third-order valence-corrected chi connectivity index (χ3v) is 0.963. The fourth-order valence-electron chi connectivity index (χ4n) is 0.199. The van der Waals surface area contributed by atoms with Crippen molar-refractivity contribution in [2.24, 2.45) is 0 Å². The molecule has 0 aliphatic heterocycles. The molecule has 4 N–H and O–H groups in total. The second-order valence-electron chi connectivity index (χ2n) is 2.18. The van der Waals surface area contributed by atoms with E-state index in [1.165, 1.54) is 0 Å². The van der Waals surface area contributed by atoms with Gasteiger partial charge in [0.15, 0.2) is 6.29 Å². The quantitative estimate of drug-likeness (QED) is 0.443. The number of hydrogen-bond donors (Lipinski definition) is 4. The summed E-state index contributed by atoms with van der Waals surface area (Å²) in [6.45, 7) is -0.597. The number of aliphatic hydroxyl groups excluding tert-OH is 3. The minimum absolute atomic E-state index is 0.168. The van der Waals surface area contributed by atoms with Crippen molar-refractivity contribution in [1.29, 1.82) is 0 Å². The second kappa shape index (κ2) is 7.15. The highest BCUT2D eigenvalue weighted by atomic mass is 19.4. The molecule has 0 fully saturated rings. The summed E-state index contributed by atoms with van der Waals surface area (Å²) >= 11 is 0. The van der Waals surface area contributed by atoms with Gasteiger partial charge in [-0.3, -0.25) is 0 Å². The van der Waals surface area contributed by atoms with Crippen molar-refractivity contribution >= 4 is 12.3 Å². The van der Waals surface area contributed by atoms with Gasteiger partial charge in [0.1, 0.15) is 12.2 Å². The minimum Gasteiger partial charge on any atom is -0.475 e. The predicted molar refractivity (Wildman–Crippen MR) is 38.9 cm³/mol. The summed E-state index contributed by atoms with van der Waals surface area (Å²) in [5.74, 6) is -2.76. The topological polar surface area (TPSA) is 115 Å². The van der Waals surface area contributed by atoms with E-state index >= 15 is 0 Å². The van der Waals surface area contributed by atoms with Crippen LogP contribution in [0.5, 0.6) is 0 Å². The largest absolute Gasteiger partial charge is 0.490 e. The van der Waals surface area contributed by atoms with Gasteiger partial charge in [0.25, 0.3) is 0 Å². The number of carbonyl (C=O) groups is 2. The van der Waals surface area contributed by atoms with Crippen LogP contribution in [0.25, 0.3) is 0 Å². The molecule has 0 radical (unpaired) electrons. The van der Waals surface area contributed by atoms with E-state index in [1.54, 1.807) is 0 Å². The number of carbonyl (C=O) groups excluding carboxylic acids is 1. The standard InChI is InChI=1S/C4H8O4.C2HF3O2/c5-1-3(7)4(8)2-6;3-2(4,5)1(6)7/h1,3-4,6-8H,2H2;(H,6,7). The van der Waals surface area contributed by atoms with Crippen LogP contribution in [0, 0.1) is 0 Å². The van der Waals surface area contributed by atoms with Gasteiger partial charge in [0, 0.05) is 0 Å². The van der Waals surface area contributed by atoms with Gasteiger partial charge in [0.05, 0.1) is 6.61 Å². The molecule has 0 aromatic rings. The highest BCUT2D eigenvalue weighted by Crippen LogP contribution is 2.13. The maximum atomic E-state index is 10.6. The summed E-state index contributed by atoms with van der Waals surface area (Å²) in [6, 6.07) is 0. The van der Waals surface area contributed by atoms with Gasteiger partial charge < -0.3 is 25.2 Å². The first-order chi connectivity index (χ1) is 6.66. The molecule has 2 atom stereocenters. The molecule has 6 nitrogen and oxygen atoms in total. The molecule has 0 aromatic carbocycles. The monoisotopic (exact) mass is 234 g/mol. The Balaban J connectivity index is 0. The molecule has 0 heterocycles. The summed E-state index contributed by atoms with van der Waals surface area (Å²) in [7, 11) is 0. The zero-order chi connectivity index (χ0) is 12.6. The van der Waals surface area contributed by atoms with Gasteiger partial charge in [0.2, 0.25) is 0 Å². The van der Waals surface area contributed by atoms with E-state index in [1.807, 2.05) is 0 Å². The third kappa shape index (κ3) is 9.12. The van der Waals surface area contributed by atoms with E-state index in [0.717, 1.165) is 0 Å². The molecule has 0 saturated carbocycles. The Labute approximate surface area is 81.6 Å². The van der Waals surface area contributed by atoms with Crippen LogP contribution in [0.3, 0.4) is 0 Å². The molecule has 0 amide bonds. The normalized spacial score (nSPS) is 14.5. The maximum Gasteiger partial charge on any atom is 0.490 e. The third-order valence-electron chi connectivity index (χ3n) is 0.963. The summed E-state index contributed by atoms with van der Waals surface area (Å²) in [5.41, 5.74) is 0. The average molecular weight is 234 g/mol. The first-order valence-corrected chi connectivity index (χ1v) is 3.39. The molecule has 0 rings (SSSR count). The molecule has 0 aromatic heterocycles. The van der Waals surface area contributed by atoms with Crippen LogP contribution in [0.1, 0.15) is 0 Å². The molecular formula is C6H9F3O6. The maximum absolute atomic E-state index is 10.6. The van der Waals surface area contributed by atoms with Gasteiger partial charge in [-0.25, -0.2) is 4.79 Å². The molecule has 90 valence electrons. The highest BCUT2D eigenvalue weighted by molar-refractivity contribution is 5.73. The van der Waals surface area contributed by atoms with E-state index in [-0.39, 0.29) is 6.29 Å². The summed E-state index contributed by atoms with van der Waals surface area (Å²) < 4.78 is 31.7. The van der Waals surface area contributed by atoms with Crippen molar-refractivity contribution in [3.8, 4) is 0 Å². The number of halogens is 3. The molecule has 0 aliphatic carbocycles. The van der Waals surface area contributed by atoms with Gasteiger partial charge in [-0.1, -0.05) is 0 Å². The first kappa shape index (κ1) is 16.2.